The second-order valence-electron chi connectivity index (χ2n) is 6.98. The van der Waals surface area contributed by atoms with Gasteiger partial charge in [0.15, 0.2) is 5.65 Å². The van der Waals surface area contributed by atoms with Crippen LogP contribution in [0.2, 0.25) is 0 Å². The van der Waals surface area contributed by atoms with Crippen molar-refractivity contribution in [2.45, 2.75) is 39.2 Å². The maximum absolute atomic E-state index is 13.1. The number of hydrogen-bond acceptors (Lipinski definition) is 5. The monoisotopic (exact) mass is 394 g/mol. The normalized spacial score (nSPS) is 13.4. The minimum atomic E-state index is -0.610. The first-order valence-corrected chi connectivity index (χ1v) is 9.73. The summed E-state index contributed by atoms with van der Waals surface area (Å²) in [6.45, 7) is 4.59. The second-order valence-corrected chi connectivity index (χ2v) is 6.98. The molecule has 0 aliphatic heterocycles. The van der Waals surface area contributed by atoms with Crippen LogP contribution in [0.1, 0.15) is 48.7 Å². The van der Waals surface area contributed by atoms with Crippen molar-refractivity contribution in [3.63, 3.8) is 0 Å². The van der Waals surface area contributed by atoms with E-state index in [9.17, 15) is 14.4 Å². The van der Waals surface area contributed by atoms with Gasteiger partial charge in [-0.15, -0.1) is 0 Å². The number of carbonyl (C=O) groups is 1. The number of aromatic nitrogens is 3. The number of nitrogens with zero attached hydrogens (tertiary/aromatic N) is 2. The number of hydrogen-bond donors (Lipinski definition) is 2. The molecule has 0 unspecified atom stereocenters. The van der Waals surface area contributed by atoms with Gasteiger partial charge in [-0.25, -0.2) is 9.78 Å². The van der Waals surface area contributed by atoms with Crippen LogP contribution in [0.4, 0.5) is 5.69 Å². The second kappa shape index (κ2) is 7.54. The summed E-state index contributed by atoms with van der Waals surface area (Å²) in [6.07, 6.45) is 1.97. The van der Waals surface area contributed by atoms with Gasteiger partial charge in [-0.1, -0.05) is 0 Å². The minimum Gasteiger partial charge on any atom is -0.494 e. The van der Waals surface area contributed by atoms with Gasteiger partial charge in [0.25, 0.3) is 11.5 Å². The third kappa shape index (κ3) is 3.65. The summed E-state index contributed by atoms with van der Waals surface area (Å²) in [5.74, 6) is 0.547. The quantitative estimate of drug-likeness (QED) is 0.668. The molecule has 1 aromatic carbocycles. The van der Waals surface area contributed by atoms with Crippen LogP contribution < -0.4 is 21.3 Å². The van der Waals surface area contributed by atoms with Crippen LogP contribution in [-0.2, 0) is 6.54 Å². The predicted molar refractivity (Wildman–Crippen MR) is 110 cm³/mol. The molecular formula is C21H22N4O4. The minimum absolute atomic E-state index is 0.124. The molecule has 2 N–H and O–H groups in total. The smallest absolute Gasteiger partial charge is 0.329 e. The summed E-state index contributed by atoms with van der Waals surface area (Å²) in [5.41, 5.74) is 0.652. The standard InChI is InChI=1S/C21H22N4O4/c1-3-25-18-17(20(27)24-21(25)28)15(11-16(23-18)12-5-6-12)19(26)22-13-7-9-14(10-8-13)29-4-2/h7-12H,3-6H2,1-2H3,(H,22,26)(H,24,27,28). The molecule has 2 aromatic heterocycles. The Hall–Kier alpha value is -3.42. The van der Waals surface area contributed by atoms with Crippen LogP contribution in [0.25, 0.3) is 11.0 Å². The number of pyridine rings is 1. The Balaban J connectivity index is 1.80. The number of aromatic amines is 1. The molecule has 3 aromatic rings. The Morgan fingerprint density at radius 3 is 2.59 bits per heavy atom. The number of amides is 1. The van der Waals surface area contributed by atoms with Crippen LogP contribution in [0.15, 0.2) is 39.9 Å². The van der Waals surface area contributed by atoms with Gasteiger partial charge in [-0.2, -0.15) is 0 Å². The summed E-state index contributed by atoms with van der Waals surface area (Å²) < 4.78 is 6.80. The molecule has 0 radical (unpaired) electrons. The number of H-pyrrole nitrogens is 1. The van der Waals surface area contributed by atoms with E-state index in [0.29, 0.717) is 24.6 Å². The van der Waals surface area contributed by atoms with E-state index >= 15 is 0 Å². The van der Waals surface area contributed by atoms with Crippen LogP contribution in [0, 0.1) is 0 Å². The van der Waals surface area contributed by atoms with E-state index in [2.05, 4.69) is 15.3 Å². The number of fused-ring (bicyclic) bond motifs is 1. The van der Waals surface area contributed by atoms with Crippen LogP contribution in [0.3, 0.4) is 0 Å². The first-order valence-electron chi connectivity index (χ1n) is 9.73. The number of carbonyl (C=O) groups excluding carboxylic acids is 1. The highest BCUT2D eigenvalue weighted by Gasteiger charge is 2.28. The molecule has 8 nitrogen and oxygen atoms in total. The van der Waals surface area contributed by atoms with Crippen molar-refractivity contribution >= 4 is 22.6 Å². The molecule has 1 aliphatic carbocycles. The highest BCUT2D eigenvalue weighted by molar-refractivity contribution is 6.11. The lowest BCUT2D eigenvalue weighted by Crippen LogP contribution is -2.32. The molecule has 0 saturated heterocycles. The van der Waals surface area contributed by atoms with Gasteiger partial charge >= 0.3 is 5.69 Å². The number of benzene rings is 1. The number of rotatable bonds is 6. The Labute approximate surface area is 166 Å². The number of aryl methyl sites for hydroxylation is 1. The summed E-state index contributed by atoms with van der Waals surface area (Å²) >= 11 is 0. The van der Waals surface area contributed by atoms with Crippen molar-refractivity contribution in [2.24, 2.45) is 0 Å². The van der Waals surface area contributed by atoms with Crippen molar-refractivity contribution in [3.8, 4) is 5.75 Å². The number of anilines is 1. The van der Waals surface area contributed by atoms with E-state index in [4.69, 9.17) is 4.74 Å². The average molecular weight is 394 g/mol. The van der Waals surface area contributed by atoms with Crippen molar-refractivity contribution in [1.82, 2.24) is 14.5 Å². The summed E-state index contributed by atoms with van der Waals surface area (Å²) in [5, 5.41) is 2.95. The summed E-state index contributed by atoms with van der Waals surface area (Å²) in [6, 6.07) is 8.67. The third-order valence-corrected chi connectivity index (χ3v) is 4.95. The molecule has 1 amide bonds. The molecule has 0 spiro atoms. The molecule has 4 rings (SSSR count). The first kappa shape index (κ1) is 18.9. The molecule has 0 bridgehead atoms. The highest BCUT2D eigenvalue weighted by Crippen LogP contribution is 2.40. The van der Waals surface area contributed by atoms with Gasteiger partial charge in [-0.3, -0.25) is 19.1 Å². The van der Waals surface area contributed by atoms with E-state index in [-0.39, 0.29) is 22.5 Å². The maximum Gasteiger partial charge on any atom is 0.329 e. The zero-order valence-corrected chi connectivity index (χ0v) is 16.3. The van der Waals surface area contributed by atoms with Crippen molar-refractivity contribution in [3.05, 3.63) is 62.4 Å². The highest BCUT2D eigenvalue weighted by atomic mass is 16.5. The van der Waals surface area contributed by atoms with E-state index in [1.807, 2.05) is 6.92 Å². The Morgan fingerprint density at radius 1 is 1.24 bits per heavy atom. The molecule has 29 heavy (non-hydrogen) atoms. The molecule has 1 saturated carbocycles. The van der Waals surface area contributed by atoms with Gasteiger partial charge in [0, 0.05) is 23.8 Å². The van der Waals surface area contributed by atoms with Crippen LogP contribution in [-0.4, -0.2) is 27.0 Å². The molecule has 8 heteroatoms. The summed E-state index contributed by atoms with van der Waals surface area (Å²) in [4.78, 5) is 44.7. The Morgan fingerprint density at radius 2 is 1.97 bits per heavy atom. The van der Waals surface area contributed by atoms with Crippen LogP contribution >= 0.6 is 0 Å². The van der Waals surface area contributed by atoms with Crippen LogP contribution in [0.5, 0.6) is 5.75 Å². The van der Waals surface area contributed by atoms with Crippen molar-refractivity contribution in [2.75, 3.05) is 11.9 Å². The molecule has 150 valence electrons. The van der Waals surface area contributed by atoms with Gasteiger partial charge in [-0.05, 0) is 57.0 Å². The van der Waals surface area contributed by atoms with E-state index in [0.717, 1.165) is 18.5 Å². The number of ether oxygens (including phenoxy) is 1. The number of nitrogens with one attached hydrogen (secondary N) is 2. The SMILES string of the molecule is CCOc1ccc(NC(=O)c2cc(C3CC3)nc3c2c(=O)[nH]c(=O)n3CC)cc1. The van der Waals surface area contributed by atoms with E-state index in [1.165, 1.54) is 4.57 Å². The molecule has 0 atom stereocenters. The average Bonchev–Trinajstić information content (AvgIpc) is 3.54. The topological polar surface area (TPSA) is 106 Å². The lowest BCUT2D eigenvalue weighted by molar-refractivity contribution is 0.102. The van der Waals surface area contributed by atoms with Crippen molar-refractivity contribution < 1.29 is 9.53 Å². The lowest BCUT2D eigenvalue weighted by Gasteiger charge is -2.13. The fourth-order valence-electron chi connectivity index (χ4n) is 3.35. The Bertz CT molecular complexity index is 1190. The first-order chi connectivity index (χ1) is 14.0. The fourth-order valence-corrected chi connectivity index (χ4v) is 3.35. The Kier molecular flexibility index (Phi) is 4.92. The van der Waals surface area contributed by atoms with Gasteiger partial charge in [0.05, 0.1) is 17.6 Å². The van der Waals surface area contributed by atoms with Crippen molar-refractivity contribution in [1.29, 1.82) is 0 Å². The third-order valence-electron chi connectivity index (χ3n) is 4.95. The predicted octanol–water partition coefficient (Wildman–Crippen LogP) is 2.63. The van der Waals surface area contributed by atoms with E-state index in [1.54, 1.807) is 37.3 Å². The lowest BCUT2D eigenvalue weighted by atomic mass is 10.1. The zero-order chi connectivity index (χ0) is 20.5. The van der Waals surface area contributed by atoms with Gasteiger partial charge < -0.3 is 10.1 Å². The maximum atomic E-state index is 13.1. The largest absolute Gasteiger partial charge is 0.494 e. The molecule has 1 fully saturated rings. The van der Waals surface area contributed by atoms with E-state index < -0.39 is 17.2 Å². The van der Waals surface area contributed by atoms with Gasteiger partial charge in [0.1, 0.15) is 5.75 Å². The fraction of sp³-hybridized carbons (Fsp3) is 0.333. The van der Waals surface area contributed by atoms with Gasteiger partial charge in [0.2, 0.25) is 0 Å². The molecule has 2 heterocycles. The molecular weight excluding hydrogens is 372 g/mol. The summed E-state index contributed by atoms with van der Waals surface area (Å²) in [7, 11) is 0. The molecule has 1 aliphatic rings. The zero-order valence-electron chi connectivity index (χ0n) is 16.3.